The third-order valence-corrected chi connectivity index (χ3v) is 9.16. The maximum atomic E-state index is 14.7. The number of ether oxygens (including phenoxy) is 1. The van der Waals surface area contributed by atoms with Crippen molar-refractivity contribution in [2.45, 2.75) is 43.6 Å². The molecule has 4 aliphatic rings. The van der Waals surface area contributed by atoms with E-state index in [9.17, 15) is 19.5 Å². The van der Waals surface area contributed by atoms with Crippen LogP contribution in [0.2, 0.25) is 5.02 Å². The lowest BCUT2D eigenvalue weighted by Crippen LogP contribution is -2.57. The number of fused-ring (bicyclic) bond motifs is 2. The second-order valence-corrected chi connectivity index (χ2v) is 11.8. The van der Waals surface area contributed by atoms with E-state index in [1.54, 1.807) is 34.1 Å². The Labute approximate surface area is 244 Å². The maximum Gasteiger partial charge on any atom is 0.253 e. The number of benzene rings is 2. The van der Waals surface area contributed by atoms with Crippen LogP contribution in [0.4, 0.5) is 5.69 Å². The second-order valence-electron chi connectivity index (χ2n) is 11.4. The number of carbonyl (C=O) groups excluding carboxylic acids is 3. The fourth-order valence-corrected chi connectivity index (χ4v) is 7.33. The summed E-state index contributed by atoms with van der Waals surface area (Å²) < 4.78 is 6.90. The van der Waals surface area contributed by atoms with Gasteiger partial charge in [-0.2, -0.15) is 0 Å². The Morgan fingerprint density at radius 2 is 1.66 bits per heavy atom. The van der Waals surface area contributed by atoms with E-state index < -0.39 is 41.7 Å². The van der Waals surface area contributed by atoms with E-state index in [1.807, 2.05) is 68.5 Å². The summed E-state index contributed by atoms with van der Waals surface area (Å²) in [6, 6.07) is 14.2. The molecular formula is C32H34ClN3O5. The third-order valence-electron chi connectivity index (χ3n) is 8.90. The largest absolute Gasteiger partial charge is 0.394 e. The Bertz CT molecular complexity index is 1410. The molecule has 0 aliphatic carbocycles. The van der Waals surface area contributed by atoms with E-state index in [0.717, 1.165) is 6.42 Å². The van der Waals surface area contributed by atoms with Crippen LogP contribution >= 0.6 is 11.6 Å². The molecule has 0 bridgehead atoms. The molecule has 4 aliphatic heterocycles. The van der Waals surface area contributed by atoms with Gasteiger partial charge in [-0.1, -0.05) is 73.2 Å². The molecule has 1 N–H and O–H groups in total. The van der Waals surface area contributed by atoms with Gasteiger partial charge in [0.15, 0.2) is 0 Å². The Kier molecular flexibility index (Phi) is 7.04. The van der Waals surface area contributed by atoms with Gasteiger partial charge < -0.3 is 24.5 Å². The van der Waals surface area contributed by atoms with Crippen LogP contribution in [-0.2, 0) is 19.1 Å². The third kappa shape index (κ3) is 4.23. The van der Waals surface area contributed by atoms with Crippen molar-refractivity contribution in [1.82, 2.24) is 9.80 Å². The molecule has 2 aromatic rings. The molecule has 9 heteroatoms. The Balaban J connectivity index is 1.53. The van der Waals surface area contributed by atoms with Gasteiger partial charge in [-0.05, 0) is 43.2 Å². The highest BCUT2D eigenvalue weighted by Gasteiger charge is 2.75. The van der Waals surface area contributed by atoms with E-state index in [4.69, 9.17) is 16.3 Å². The smallest absolute Gasteiger partial charge is 0.253 e. The molecule has 41 heavy (non-hydrogen) atoms. The Hall–Kier alpha value is -3.46. The summed E-state index contributed by atoms with van der Waals surface area (Å²) in [6.45, 7) is 4.69. The van der Waals surface area contributed by atoms with Gasteiger partial charge in [0.2, 0.25) is 11.8 Å². The molecule has 1 spiro atoms. The van der Waals surface area contributed by atoms with Crippen LogP contribution < -0.4 is 4.90 Å². The minimum absolute atomic E-state index is 0.157. The number of aliphatic hydroxyl groups excluding tert-OH is 1. The second kappa shape index (κ2) is 10.4. The van der Waals surface area contributed by atoms with Crippen molar-refractivity contribution in [3.05, 3.63) is 89.5 Å². The average molecular weight is 576 g/mol. The van der Waals surface area contributed by atoms with Crippen molar-refractivity contribution < 1.29 is 24.2 Å². The topological polar surface area (TPSA) is 90.4 Å². The number of halogens is 1. The number of carbonyl (C=O) groups is 3. The lowest BCUT2D eigenvalue weighted by Gasteiger charge is -2.40. The number of likely N-dealkylation sites (tertiary alicyclic amines) is 1. The van der Waals surface area contributed by atoms with Gasteiger partial charge in [-0.25, -0.2) is 0 Å². The minimum atomic E-state index is -1.41. The van der Waals surface area contributed by atoms with Crippen LogP contribution in [0.5, 0.6) is 0 Å². The molecule has 4 heterocycles. The highest BCUT2D eigenvalue weighted by atomic mass is 35.5. The van der Waals surface area contributed by atoms with Crippen molar-refractivity contribution in [3.63, 3.8) is 0 Å². The molecule has 6 rings (SSSR count). The summed E-state index contributed by atoms with van der Waals surface area (Å²) in [7, 11) is 0. The highest BCUT2D eigenvalue weighted by molar-refractivity contribution is 6.30. The number of nitrogens with zero attached hydrogens (tertiary/aromatic N) is 3. The monoisotopic (exact) mass is 575 g/mol. The molecule has 2 fully saturated rings. The van der Waals surface area contributed by atoms with Crippen molar-refractivity contribution in [3.8, 4) is 0 Å². The van der Waals surface area contributed by atoms with Crippen LogP contribution in [0.25, 0.3) is 0 Å². The fourth-order valence-electron chi connectivity index (χ4n) is 7.20. The van der Waals surface area contributed by atoms with Gasteiger partial charge in [-0.3, -0.25) is 14.4 Å². The van der Waals surface area contributed by atoms with Gasteiger partial charge in [0.05, 0.1) is 30.1 Å². The quantitative estimate of drug-likeness (QED) is 0.530. The van der Waals surface area contributed by atoms with Crippen LogP contribution in [0.15, 0.2) is 78.9 Å². The van der Waals surface area contributed by atoms with Crippen molar-refractivity contribution >= 4 is 35.0 Å². The normalized spacial score (nSPS) is 31.6. The molecule has 3 amide bonds. The van der Waals surface area contributed by atoms with Crippen LogP contribution in [0.1, 0.15) is 31.9 Å². The summed E-state index contributed by atoms with van der Waals surface area (Å²) in [5.74, 6) is -2.65. The lowest BCUT2D eigenvalue weighted by molar-refractivity contribution is -0.151. The molecular weight excluding hydrogens is 542 g/mol. The number of aliphatic hydroxyl groups is 1. The lowest BCUT2D eigenvalue weighted by atomic mass is 9.74. The highest BCUT2D eigenvalue weighted by Crippen LogP contribution is 2.58. The molecule has 0 radical (unpaired) electrons. The van der Waals surface area contributed by atoms with E-state index >= 15 is 0 Å². The zero-order chi connectivity index (χ0) is 28.9. The van der Waals surface area contributed by atoms with Gasteiger partial charge >= 0.3 is 0 Å². The van der Waals surface area contributed by atoms with Crippen LogP contribution in [0.3, 0.4) is 0 Å². The molecule has 1 unspecified atom stereocenters. The van der Waals surface area contributed by atoms with Crippen molar-refractivity contribution in [2.75, 3.05) is 31.1 Å². The minimum Gasteiger partial charge on any atom is -0.394 e. The average Bonchev–Trinajstić information content (AvgIpc) is 3.24. The SMILES string of the molecule is CCCN1CC=C[C@@]2(C)O[C@]34C=CCN(c5ccc(Cl)cc5)C(=O)C3N([C@H](CO)c3ccccc3)C(=O)[C@@H]4[C@H]2C1=O. The summed E-state index contributed by atoms with van der Waals surface area (Å²) in [4.78, 5) is 48.4. The summed E-state index contributed by atoms with van der Waals surface area (Å²) in [5, 5.41) is 11.2. The van der Waals surface area contributed by atoms with Crippen molar-refractivity contribution in [1.29, 1.82) is 0 Å². The number of hydrogen-bond donors (Lipinski definition) is 1. The molecule has 6 atom stereocenters. The van der Waals surface area contributed by atoms with Gasteiger partial charge in [-0.15, -0.1) is 0 Å². The standard InChI is InChI=1S/C32H34ClN3O5/c1-3-17-34-18-7-15-31(2)25(28(34)38)26-29(39)36(24(20-37)21-9-5-4-6-10-21)27-30(40)35(19-8-16-32(26,27)41-31)23-13-11-22(33)12-14-23/h4-16,24-27,37H,3,17-20H2,1-2H3/t24-,25+,26+,27?,31-,32+/m1/s1. The molecule has 2 aromatic carbocycles. The number of hydrogen-bond acceptors (Lipinski definition) is 5. The van der Waals surface area contributed by atoms with Crippen LogP contribution in [0, 0.1) is 11.8 Å². The first-order valence-corrected chi connectivity index (χ1v) is 14.5. The molecule has 0 aromatic heterocycles. The first kappa shape index (κ1) is 27.7. The number of rotatable bonds is 6. The van der Waals surface area contributed by atoms with E-state index in [0.29, 0.717) is 29.4 Å². The predicted molar refractivity (Wildman–Crippen MR) is 155 cm³/mol. The van der Waals surface area contributed by atoms with Crippen molar-refractivity contribution in [2.24, 2.45) is 11.8 Å². The van der Waals surface area contributed by atoms with Crippen LogP contribution in [-0.4, -0.2) is 76.1 Å². The Morgan fingerprint density at radius 3 is 2.34 bits per heavy atom. The van der Waals surface area contributed by atoms with E-state index in [-0.39, 0.29) is 24.3 Å². The summed E-state index contributed by atoms with van der Waals surface area (Å²) in [6.07, 6.45) is 8.24. The zero-order valence-electron chi connectivity index (χ0n) is 23.2. The van der Waals surface area contributed by atoms with Gasteiger partial charge in [0.25, 0.3) is 5.91 Å². The predicted octanol–water partition coefficient (Wildman–Crippen LogP) is 3.76. The first-order chi connectivity index (χ1) is 19.8. The molecule has 8 nitrogen and oxygen atoms in total. The first-order valence-electron chi connectivity index (χ1n) is 14.1. The molecule has 2 saturated heterocycles. The molecule has 214 valence electrons. The maximum absolute atomic E-state index is 14.7. The number of amides is 3. The van der Waals surface area contributed by atoms with E-state index in [1.165, 1.54) is 4.90 Å². The fraction of sp³-hybridized carbons (Fsp3) is 0.406. The molecule has 0 saturated carbocycles. The van der Waals surface area contributed by atoms with Gasteiger partial charge in [0, 0.05) is 30.3 Å². The summed E-state index contributed by atoms with van der Waals surface area (Å²) in [5.41, 5.74) is -1.18. The van der Waals surface area contributed by atoms with Gasteiger partial charge in [0.1, 0.15) is 11.6 Å². The summed E-state index contributed by atoms with van der Waals surface area (Å²) >= 11 is 6.14. The van der Waals surface area contributed by atoms with E-state index in [2.05, 4.69) is 0 Å². The zero-order valence-corrected chi connectivity index (χ0v) is 23.9. The Morgan fingerprint density at radius 1 is 0.951 bits per heavy atom. The number of anilines is 1.